The van der Waals surface area contributed by atoms with Crippen molar-refractivity contribution < 1.29 is 17.1 Å². The van der Waals surface area contributed by atoms with E-state index in [2.05, 4.69) is 104 Å². The Bertz CT molecular complexity index is 120. The van der Waals surface area contributed by atoms with Crippen molar-refractivity contribution in [3.05, 3.63) is 27.7 Å². The minimum atomic E-state index is 0. The Labute approximate surface area is 211 Å². The number of likely N-dealkylation sites (N-methyl/N-ethyl adjacent to an activating group) is 4. The van der Waals surface area contributed by atoms with Gasteiger partial charge < -0.3 is 47.3 Å². The molecular weight excluding hydrogens is 365 g/mol. The van der Waals surface area contributed by atoms with Gasteiger partial charge in [-0.05, 0) is 56.4 Å². The molecule has 3 radical (unpaired) electrons. The van der Waals surface area contributed by atoms with Crippen LogP contribution in [0.4, 0.5) is 0 Å². The summed E-state index contributed by atoms with van der Waals surface area (Å²) in [5, 5.41) is 0. The fourth-order valence-electron chi connectivity index (χ4n) is 0.800. The van der Waals surface area contributed by atoms with Crippen LogP contribution in [0.15, 0.2) is 0 Å². The van der Waals surface area contributed by atoms with E-state index in [0.717, 1.165) is 26.2 Å². The van der Waals surface area contributed by atoms with Crippen molar-refractivity contribution in [3.8, 4) is 0 Å². The van der Waals surface area contributed by atoms with Gasteiger partial charge in [-0.25, -0.2) is 0 Å². The van der Waals surface area contributed by atoms with Gasteiger partial charge in [0.1, 0.15) is 0 Å². The molecule has 0 spiro atoms. The van der Waals surface area contributed by atoms with Gasteiger partial charge in [0.2, 0.25) is 0 Å². The van der Waals surface area contributed by atoms with E-state index in [9.17, 15) is 0 Å². The molecular formula is C20H52Li2MnN4-4. The van der Waals surface area contributed by atoms with Crippen molar-refractivity contribution in [1.29, 1.82) is 0 Å². The first kappa shape index (κ1) is 56.7. The van der Waals surface area contributed by atoms with E-state index >= 15 is 0 Å². The number of rotatable bonds is 6. The van der Waals surface area contributed by atoms with Crippen LogP contribution in [-0.4, -0.2) is 140 Å². The largest absolute Gasteiger partial charge is 0.346 e. The molecule has 0 heterocycles. The van der Waals surface area contributed by atoms with Crippen LogP contribution in [0.3, 0.4) is 0 Å². The van der Waals surface area contributed by atoms with Crippen LogP contribution in [0, 0.1) is 27.7 Å². The summed E-state index contributed by atoms with van der Waals surface area (Å²) in [6.45, 7) is 24.6. The van der Waals surface area contributed by atoms with Gasteiger partial charge in [0.05, 0.1) is 0 Å². The SMILES string of the molecule is CN(C)CCN(C)C.CN(C)CCN(C)C.[CH2-]C.[CH2-]C.[CH2-]C.[CH2-]C.[Li].[Li].[Mn]. The summed E-state index contributed by atoms with van der Waals surface area (Å²) in [6, 6.07) is 0. The van der Waals surface area contributed by atoms with E-state index in [-0.39, 0.29) is 54.8 Å². The van der Waals surface area contributed by atoms with Crippen molar-refractivity contribution in [2.75, 3.05) is 82.6 Å². The third-order valence-electron chi connectivity index (χ3n) is 1.99. The Morgan fingerprint density at radius 3 is 0.481 bits per heavy atom. The molecule has 0 unspecified atom stereocenters. The van der Waals surface area contributed by atoms with Crippen molar-refractivity contribution in [1.82, 2.24) is 19.6 Å². The monoisotopic (exact) mass is 417 g/mol. The molecule has 0 aromatic rings. The van der Waals surface area contributed by atoms with Crippen LogP contribution >= 0.6 is 0 Å². The molecule has 0 aliphatic heterocycles. The summed E-state index contributed by atoms with van der Waals surface area (Å²) in [6.07, 6.45) is 0. The molecule has 0 N–H and O–H groups in total. The molecule has 0 bridgehead atoms. The van der Waals surface area contributed by atoms with Gasteiger partial charge in [-0.2, -0.15) is 27.7 Å². The molecule has 27 heavy (non-hydrogen) atoms. The summed E-state index contributed by atoms with van der Waals surface area (Å²) in [5.74, 6) is 0. The summed E-state index contributed by atoms with van der Waals surface area (Å²) >= 11 is 0. The molecule has 7 heteroatoms. The van der Waals surface area contributed by atoms with Crippen LogP contribution in [0.2, 0.25) is 0 Å². The average Bonchev–Trinajstić information content (AvgIpc) is 2.59. The topological polar surface area (TPSA) is 13.0 Å². The predicted octanol–water partition coefficient (Wildman–Crippen LogP) is 2.82. The van der Waals surface area contributed by atoms with E-state index in [1.54, 1.807) is 27.7 Å². The first-order valence-electron chi connectivity index (χ1n) is 8.67. The summed E-state index contributed by atoms with van der Waals surface area (Å²) in [4.78, 5) is 8.72. The van der Waals surface area contributed by atoms with Crippen LogP contribution in [0.25, 0.3) is 0 Å². The zero-order chi connectivity index (χ0) is 21.1. The van der Waals surface area contributed by atoms with Crippen molar-refractivity contribution in [3.63, 3.8) is 0 Å². The zero-order valence-corrected chi connectivity index (χ0v) is 23.0. The summed E-state index contributed by atoms with van der Waals surface area (Å²) in [5.41, 5.74) is 0. The predicted molar refractivity (Wildman–Crippen MR) is 130 cm³/mol. The molecule has 0 saturated heterocycles. The Morgan fingerprint density at radius 2 is 0.444 bits per heavy atom. The van der Waals surface area contributed by atoms with Gasteiger partial charge in [0, 0.05) is 81.0 Å². The third-order valence-corrected chi connectivity index (χ3v) is 1.99. The van der Waals surface area contributed by atoms with Crippen molar-refractivity contribution in [2.24, 2.45) is 0 Å². The van der Waals surface area contributed by atoms with Gasteiger partial charge >= 0.3 is 0 Å². The fraction of sp³-hybridized carbons (Fsp3) is 0.800. The second-order valence-electron chi connectivity index (χ2n) is 5.21. The van der Waals surface area contributed by atoms with Crippen LogP contribution in [-0.2, 0) is 17.1 Å². The molecule has 0 aliphatic rings. The maximum absolute atomic E-state index is 3.25. The quantitative estimate of drug-likeness (QED) is 0.487. The molecule has 0 fully saturated rings. The molecule has 165 valence electrons. The fourth-order valence-corrected chi connectivity index (χ4v) is 0.800. The van der Waals surface area contributed by atoms with E-state index < -0.39 is 0 Å². The van der Waals surface area contributed by atoms with E-state index in [1.165, 1.54) is 0 Å². The molecule has 0 saturated carbocycles. The number of hydrogen-bond acceptors (Lipinski definition) is 4. The molecule has 4 nitrogen and oxygen atoms in total. The molecule has 0 atom stereocenters. The summed E-state index contributed by atoms with van der Waals surface area (Å²) < 4.78 is 0. The number of hydrogen-bond donors (Lipinski definition) is 0. The van der Waals surface area contributed by atoms with Gasteiger partial charge in [0.15, 0.2) is 0 Å². The molecule has 0 amide bonds. The van der Waals surface area contributed by atoms with Crippen LogP contribution < -0.4 is 0 Å². The standard InChI is InChI=1S/2C6H16N2.4C2H5.2Li.Mn/c2*1-7(2)5-6-8(3)4;4*1-2;;;/h2*5-6H2,1-4H3;4*1H2,2H3;;;/q;;4*-1;;;. The van der Waals surface area contributed by atoms with Gasteiger partial charge in [0.25, 0.3) is 0 Å². The molecule has 0 rings (SSSR count). The van der Waals surface area contributed by atoms with E-state index in [4.69, 9.17) is 0 Å². The minimum absolute atomic E-state index is 0. The molecule has 0 aromatic heterocycles. The first-order chi connectivity index (χ1) is 11.3. The maximum atomic E-state index is 3.25. The number of nitrogens with zero attached hydrogens (tertiary/aromatic N) is 4. The van der Waals surface area contributed by atoms with Gasteiger partial charge in [-0.1, -0.05) is 0 Å². The second kappa shape index (κ2) is 63.1. The smallest absolute Gasteiger partial charge is 0.0103 e. The minimum Gasteiger partial charge on any atom is -0.346 e. The Kier molecular flexibility index (Phi) is 132. The van der Waals surface area contributed by atoms with Crippen molar-refractivity contribution >= 4 is 37.7 Å². The van der Waals surface area contributed by atoms with Crippen LogP contribution in [0.5, 0.6) is 0 Å². The summed E-state index contributed by atoms with van der Waals surface area (Å²) in [7, 11) is 16.7. The second-order valence-corrected chi connectivity index (χ2v) is 5.21. The average molecular weight is 417 g/mol. The van der Waals surface area contributed by atoms with Gasteiger partial charge in [-0.15, -0.1) is 0 Å². The zero-order valence-electron chi connectivity index (χ0n) is 21.8. The van der Waals surface area contributed by atoms with Crippen LogP contribution in [0.1, 0.15) is 27.7 Å². The van der Waals surface area contributed by atoms with E-state index in [0.29, 0.717) is 0 Å². The molecule has 0 aliphatic carbocycles. The van der Waals surface area contributed by atoms with Crippen molar-refractivity contribution in [2.45, 2.75) is 27.7 Å². The normalized spacial score (nSPS) is 7.56. The van der Waals surface area contributed by atoms with E-state index in [1.807, 2.05) is 0 Å². The Morgan fingerprint density at radius 1 is 0.370 bits per heavy atom. The molecule has 0 aromatic carbocycles. The Hall–Kier alpha value is 1.55. The van der Waals surface area contributed by atoms with Gasteiger partial charge in [-0.3, -0.25) is 0 Å². The first-order valence-corrected chi connectivity index (χ1v) is 8.67. The Balaban J connectivity index is -0.0000000231. The maximum Gasteiger partial charge on any atom is 0.0103 e. The third kappa shape index (κ3) is 135.